The van der Waals surface area contributed by atoms with Gasteiger partial charge in [0.2, 0.25) is 0 Å². The van der Waals surface area contributed by atoms with E-state index in [0.29, 0.717) is 0 Å². The molecule has 0 aliphatic rings. The van der Waals surface area contributed by atoms with Crippen LogP contribution in [0.2, 0.25) is 0 Å². The fourth-order valence-electron chi connectivity index (χ4n) is 2.19. The zero-order valence-electron chi connectivity index (χ0n) is 12.2. The zero-order chi connectivity index (χ0) is 14.8. The Morgan fingerprint density at radius 2 is 2.14 bits per heavy atom. The monoisotopic (exact) mass is 283 g/mol. The number of aromatic nitrogens is 6. The maximum absolute atomic E-state index is 4.20. The summed E-state index contributed by atoms with van der Waals surface area (Å²) in [4.78, 5) is 0. The molecular formula is C14H17N7. The van der Waals surface area contributed by atoms with Gasteiger partial charge >= 0.3 is 0 Å². The smallest absolute Gasteiger partial charge is 0.153 e. The Kier molecular flexibility index (Phi) is 3.39. The number of hydrogen-bond donors (Lipinski definition) is 1. The number of anilines is 1. The number of nitrogens with one attached hydrogen (secondary N) is 1. The SMILES string of the molecule is Cc1nnnn1-c1cccc(NC(C)c2cnn(C)c2)c1. The van der Waals surface area contributed by atoms with Crippen molar-refractivity contribution in [1.82, 2.24) is 30.0 Å². The first-order valence-electron chi connectivity index (χ1n) is 6.74. The standard InChI is InChI=1S/C14H17N7/c1-10(12-8-15-20(3)9-12)16-13-5-4-6-14(7-13)21-11(2)17-18-19-21/h4-10,16H,1-3H3. The number of aryl methyl sites for hydroxylation is 2. The molecule has 1 unspecified atom stereocenters. The van der Waals surface area contributed by atoms with Crippen molar-refractivity contribution in [1.29, 1.82) is 0 Å². The highest BCUT2D eigenvalue weighted by molar-refractivity contribution is 5.52. The van der Waals surface area contributed by atoms with Crippen molar-refractivity contribution < 1.29 is 0 Å². The number of rotatable bonds is 4. The van der Waals surface area contributed by atoms with Crippen molar-refractivity contribution in [3.8, 4) is 5.69 Å². The molecule has 21 heavy (non-hydrogen) atoms. The van der Waals surface area contributed by atoms with Crippen LogP contribution in [0.25, 0.3) is 5.69 Å². The highest BCUT2D eigenvalue weighted by atomic mass is 15.5. The van der Waals surface area contributed by atoms with E-state index in [1.807, 2.05) is 50.6 Å². The molecule has 0 saturated heterocycles. The van der Waals surface area contributed by atoms with Gasteiger partial charge < -0.3 is 5.32 Å². The van der Waals surface area contributed by atoms with Crippen LogP contribution in [0.1, 0.15) is 24.4 Å². The van der Waals surface area contributed by atoms with Gasteiger partial charge in [0.15, 0.2) is 5.82 Å². The highest BCUT2D eigenvalue weighted by Crippen LogP contribution is 2.20. The summed E-state index contributed by atoms with van der Waals surface area (Å²) in [6, 6.07) is 8.17. The lowest BCUT2D eigenvalue weighted by Gasteiger charge is -2.14. The summed E-state index contributed by atoms with van der Waals surface area (Å²) in [7, 11) is 1.91. The molecule has 0 spiro atoms. The van der Waals surface area contributed by atoms with Crippen LogP contribution < -0.4 is 5.32 Å². The van der Waals surface area contributed by atoms with Crippen molar-refractivity contribution in [2.75, 3.05) is 5.32 Å². The summed E-state index contributed by atoms with van der Waals surface area (Å²) in [6.07, 6.45) is 3.88. The molecule has 1 aromatic carbocycles. The molecule has 2 heterocycles. The van der Waals surface area contributed by atoms with Crippen LogP contribution in [0.3, 0.4) is 0 Å². The molecule has 0 saturated carbocycles. The van der Waals surface area contributed by atoms with Gasteiger partial charge in [0.1, 0.15) is 0 Å². The molecule has 3 aromatic rings. The van der Waals surface area contributed by atoms with Crippen LogP contribution >= 0.6 is 0 Å². The Labute approximate surface area is 122 Å². The molecule has 1 N–H and O–H groups in total. The van der Waals surface area contributed by atoms with E-state index in [2.05, 4.69) is 32.9 Å². The summed E-state index contributed by atoms with van der Waals surface area (Å²) in [5.74, 6) is 0.757. The topological polar surface area (TPSA) is 73.5 Å². The van der Waals surface area contributed by atoms with Gasteiger partial charge in [-0.15, -0.1) is 5.10 Å². The lowest BCUT2D eigenvalue weighted by atomic mass is 10.1. The molecular weight excluding hydrogens is 266 g/mol. The van der Waals surface area contributed by atoms with Crippen LogP contribution in [0.4, 0.5) is 5.69 Å². The van der Waals surface area contributed by atoms with E-state index in [1.54, 1.807) is 9.36 Å². The lowest BCUT2D eigenvalue weighted by molar-refractivity contribution is 0.765. The highest BCUT2D eigenvalue weighted by Gasteiger charge is 2.09. The van der Waals surface area contributed by atoms with Gasteiger partial charge in [-0.05, 0) is 42.5 Å². The number of tetrazole rings is 1. The number of benzene rings is 1. The second-order valence-electron chi connectivity index (χ2n) is 5.00. The summed E-state index contributed by atoms with van der Waals surface area (Å²) < 4.78 is 3.51. The van der Waals surface area contributed by atoms with Crippen molar-refractivity contribution >= 4 is 5.69 Å². The van der Waals surface area contributed by atoms with Gasteiger partial charge in [0, 0.05) is 24.5 Å². The van der Waals surface area contributed by atoms with Gasteiger partial charge in [-0.3, -0.25) is 4.68 Å². The zero-order valence-corrected chi connectivity index (χ0v) is 12.2. The molecule has 0 fully saturated rings. The molecule has 108 valence electrons. The summed E-state index contributed by atoms with van der Waals surface area (Å²) >= 11 is 0. The third-order valence-corrected chi connectivity index (χ3v) is 3.32. The lowest BCUT2D eigenvalue weighted by Crippen LogP contribution is -2.07. The minimum atomic E-state index is 0.170. The Morgan fingerprint density at radius 1 is 1.29 bits per heavy atom. The molecule has 7 nitrogen and oxygen atoms in total. The van der Waals surface area contributed by atoms with E-state index in [-0.39, 0.29) is 6.04 Å². The average molecular weight is 283 g/mol. The third kappa shape index (κ3) is 2.76. The minimum absolute atomic E-state index is 0.170. The fourth-order valence-corrected chi connectivity index (χ4v) is 2.19. The second kappa shape index (κ2) is 5.35. The predicted octanol–water partition coefficient (Wildman–Crippen LogP) is 1.88. The molecule has 0 amide bonds. The molecule has 3 rings (SSSR count). The van der Waals surface area contributed by atoms with E-state index in [4.69, 9.17) is 0 Å². The van der Waals surface area contributed by atoms with Crippen molar-refractivity contribution in [3.05, 3.63) is 48.0 Å². The maximum atomic E-state index is 4.20. The Balaban J connectivity index is 1.82. The van der Waals surface area contributed by atoms with Gasteiger partial charge in [0.05, 0.1) is 17.9 Å². The molecule has 0 bridgehead atoms. The normalized spacial score (nSPS) is 12.3. The van der Waals surface area contributed by atoms with Crippen LogP contribution in [-0.2, 0) is 7.05 Å². The molecule has 1 atom stereocenters. The summed E-state index contributed by atoms with van der Waals surface area (Å²) in [5.41, 5.74) is 3.08. The van der Waals surface area contributed by atoms with E-state index < -0.39 is 0 Å². The van der Waals surface area contributed by atoms with E-state index in [9.17, 15) is 0 Å². The van der Waals surface area contributed by atoms with Crippen LogP contribution in [0, 0.1) is 6.92 Å². The quantitative estimate of drug-likeness (QED) is 0.791. The van der Waals surface area contributed by atoms with Crippen LogP contribution in [-0.4, -0.2) is 30.0 Å². The van der Waals surface area contributed by atoms with E-state index in [1.165, 1.54) is 0 Å². The Morgan fingerprint density at radius 3 is 2.81 bits per heavy atom. The minimum Gasteiger partial charge on any atom is -0.378 e. The van der Waals surface area contributed by atoms with Gasteiger partial charge in [-0.1, -0.05) is 6.07 Å². The van der Waals surface area contributed by atoms with Gasteiger partial charge in [-0.25, -0.2) is 0 Å². The van der Waals surface area contributed by atoms with E-state index in [0.717, 1.165) is 22.8 Å². The average Bonchev–Trinajstić information content (AvgIpc) is 3.08. The van der Waals surface area contributed by atoms with Gasteiger partial charge in [0.25, 0.3) is 0 Å². The van der Waals surface area contributed by atoms with Crippen LogP contribution in [0.5, 0.6) is 0 Å². The van der Waals surface area contributed by atoms with Gasteiger partial charge in [-0.2, -0.15) is 9.78 Å². The maximum Gasteiger partial charge on any atom is 0.153 e. The van der Waals surface area contributed by atoms with E-state index >= 15 is 0 Å². The number of hydrogen-bond acceptors (Lipinski definition) is 5. The first kappa shape index (κ1) is 13.3. The predicted molar refractivity (Wildman–Crippen MR) is 79.1 cm³/mol. The molecule has 0 radical (unpaired) electrons. The Bertz CT molecular complexity index is 743. The van der Waals surface area contributed by atoms with Crippen molar-refractivity contribution in [2.24, 2.45) is 7.05 Å². The fraction of sp³-hybridized carbons (Fsp3) is 0.286. The molecule has 7 heteroatoms. The molecule has 2 aromatic heterocycles. The van der Waals surface area contributed by atoms with Crippen molar-refractivity contribution in [3.63, 3.8) is 0 Å². The summed E-state index contributed by atoms with van der Waals surface area (Å²) in [5, 5.41) is 19.2. The van der Waals surface area contributed by atoms with Crippen LogP contribution in [0.15, 0.2) is 36.7 Å². The number of nitrogens with zero attached hydrogens (tertiary/aromatic N) is 6. The molecule has 0 aliphatic carbocycles. The Hall–Kier alpha value is -2.70. The second-order valence-corrected chi connectivity index (χ2v) is 5.00. The largest absolute Gasteiger partial charge is 0.378 e. The van der Waals surface area contributed by atoms with Crippen molar-refractivity contribution in [2.45, 2.75) is 19.9 Å². The first-order valence-corrected chi connectivity index (χ1v) is 6.74. The third-order valence-electron chi connectivity index (χ3n) is 3.32. The first-order chi connectivity index (χ1) is 10.1. The summed E-state index contributed by atoms with van der Waals surface area (Å²) in [6.45, 7) is 3.98. The molecule has 0 aliphatic heterocycles.